The monoisotopic (exact) mass is 893 g/mol. The van der Waals surface area contributed by atoms with Gasteiger partial charge in [-0.3, -0.25) is 0 Å². The molecule has 0 aliphatic carbocycles. The van der Waals surface area contributed by atoms with Crippen LogP contribution in [0, 0.1) is 0 Å². The first-order valence-corrected chi connectivity index (χ1v) is 24.7. The third-order valence-electron chi connectivity index (χ3n) is 13.6. The van der Waals surface area contributed by atoms with E-state index >= 15 is 0 Å². The SMILES string of the molecule is CC(C)(C)c1cc(-c2cccc3cccc(-c4ccccc4N(c4ccccc4-c4ccc(-c5ccccc5)cc4)c4ccccc4-c4cccc5c4sc4ccccc45)c23)cc(C(C)(C)C)c1. The molecule has 1 aromatic heterocycles. The topological polar surface area (TPSA) is 3.24 Å². The van der Waals surface area contributed by atoms with Crippen LogP contribution in [0.25, 0.3) is 86.6 Å². The fourth-order valence-corrected chi connectivity index (χ4v) is 11.2. The second-order valence-corrected chi connectivity index (χ2v) is 21.2. The number of benzene rings is 10. The maximum absolute atomic E-state index is 2.54. The van der Waals surface area contributed by atoms with Crippen LogP contribution in [0.2, 0.25) is 0 Å². The molecule has 11 aromatic rings. The van der Waals surface area contributed by atoms with E-state index in [0.717, 1.165) is 33.8 Å². The van der Waals surface area contributed by atoms with Crippen molar-refractivity contribution in [2.24, 2.45) is 0 Å². The van der Waals surface area contributed by atoms with E-state index in [0.29, 0.717) is 0 Å². The minimum atomic E-state index is -0.0145. The Morgan fingerprint density at radius 1 is 0.324 bits per heavy atom. The van der Waals surface area contributed by atoms with Gasteiger partial charge in [-0.15, -0.1) is 11.3 Å². The number of hydrogen-bond donors (Lipinski definition) is 0. The fraction of sp³-hybridized carbons (Fsp3) is 0.121. The van der Waals surface area contributed by atoms with E-state index in [1.807, 2.05) is 11.3 Å². The van der Waals surface area contributed by atoms with Crippen molar-refractivity contribution in [2.45, 2.75) is 52.4 Å². The van der Waals surface area contributed by atoms with Crippen molar-refractivity contribution >= 4 is 59.3 Å². The highest BCUT2D eigenvalue weighted by molar-refractivity contribution is 7.26. The standard InChI is InChI=1S/C66H55NS/c1-65(2,3)49-41-48(42-50(43-49)66(4,5)6)52-29-18-23-47-24-19-30-56(63(47)52)53-26-11-15-34-60(53)67(59-33-14-10-25-51(59)46-39-37-45(38-40-46)44-21-8-7-9-22-44)61-35-16-12-27-54(61)57-31-20-32-58-55-28-13-17-36-62(55)68-64(57)58/h7-43H,1-6H3. The van der Waals surface area contributed by atoms with E-state index in [9.17, 15) is 0 Å². The Balaban J connectivity index is 1.18. The average molecular weight is 894 g/mol. The maximum Gasteiger partial charge on any atom is 0.0541 e. The van der Waals surface area contributed by atoms with Crippen LogP contribution in [0.1, 0.15) is 52.7 Å². The summed E-state index contributed by atoms with van der Waals surface area (Å²) in [5.74, 6) is 0. The summed E-state index contributed by atoms with van der Waals surface area (Å²) in [6, 6.07) is 83.3. The van der Waals surface area contributed by atoms with Gasteiger partial charge in [0.15, 0.2) is 0 Å². The Morgan fingerprint density at radius 3 is 1.43 bits per heavy atom. The molecule has 0 spiro atoms. The van der Waals surface area contributed by atoms with Gasteiger partial charge in [-0.05, 0) is 90.4 Å². The highest BCUT2D eigenvalue weighted by Gasteiger charge is 2.26. The quantitative estimate of drug-likeness (QED) is 0.147. The number of rotatable bonds is 8. The van der Waals surface area contributed by atoms with Crippen LogP contribution in [0.15, 0.2) is 224 Å². The van der Waals surface area contributed by atoms with E-state index in [1.54, 1.807) is 0 Å². The van der Waals surface area contributed by atoms with Crippen LogP contribution in [-0.4, -0.2) is 0 Å². The first kappa shape index (κ1) is 43.1. The Kier molecular flexibility index (Phi) is 10.9. The van der Waals surface area contributed by atoms with Crippen molar-refractivity contribution in [3.8, 4) is 55.6 Å². The zero-order valence-corrected chi connectivity index (χ0v) is 40.5. The fourth-order valence-electron chi connectivity index (χ4n) is 9.98. The molecular weight excluding hydrogens is 839 g/mol. The molecule has 1 heterocycles. The summed E-state index contributed by atoms with van der Waals surface area (Å²) in [6.45, 7) is 14.0. The van der Waals surface area contributed by atoms with Crippen molar-refractivity contribution in [1.82, 2.24) is 0 Å². The van der Waals surface area contributed by atoms with Gasteiger partial charge in [-0.25, -0.2) is 0 Å². The van der Waals surface area contributed by atoms with Gasteiger partial charge >= 0.3 is 0 Å². The molecule has 11 rings (SSSR count). The third kappa shape index (κ3) is 7.89. The number of thiophene rings is 1. The molecule has 68 heavy (non-hydrogen) atoms. The van der Waals surface area contributed by atoms with Crippen molar-refractivity contribution in [3.63, 3.8) is 0 Å². The Morgan fingerprint density at radius 2 is 0.779 bits per heavy atom. The highest BCUT2D eigenvalue weighted by atomic mass is 32.1. The molecule has 0 saturated heterocycles. The normalized spacial score (nSPS) is 12.0. The first-order valence-electron chi connectivity index (χ1n) is 23.8. The van der Waals surface area contributed by atoms with Crippen LogP contribution >= 0.6 is 11.3 Å². The molecule has 0 aliphatic rings. The van der Waals surface area contributed by atoms with Gasteiger partial charge in [0.1, 0.15) is 0 Å². The van der Waals surface area contributed by atoms with Crippen molar-refractivity contribution in [2.75, 3.05) is 4.90 Å². The number of fused-ring (bicyclic) bond motifs is 4. The van der Waals surface area contributed by atoms with E-state index < -0.39 is 0 Å². The lowest BCUT2D eigenvalue weighted by molar-refractivity contribution is 0.569. The number of para-hydroxylation sites is 3. The summed E-state index contributed by atoms with van der Waals surface area (Å²) in [4.78, 5) is 2.54. The highest BCUT2D eigenvalue weighted by Crippen LogP contribution is 2.51. The van der Waals surface area contributed by atoms with Gasteiger partial charge in [0.25, 0.3) is 0 Å². The smallest absolute Gasteiger partial charge is 0.0541 e. The second kappa shape index (κ2) is 17.3. The lowest BCUT2D eigenvalue weighted by atomic mass is 9.78. The Labute approximate surface area is 405 Å². The molecule has 330 valence electrons. The van der Waals surface area contributed by atoms with Crippen LogP contribution in [0.3, 0.4) is 0 Å². The summed E-state index contributed by atoms with van der Waals surface area (Å²) in [5.41, 5.74) is 18.0. The molecule has 0 unspecified atom stereocenters. The molecular formula is C66H55NS. The van der Waals surface area contributed by atoms with E-state index in [-0.39, 0.29) is 10.8 Å². The molecule has 0 bridgehead atoms. The molecule has 10 aromatic carbocycles. The molecule has 0 aliphatic heterocycles. The van der Waals surface area contributed by atoms with Gasteiger partial charge in [0.2, 0.25) is 0 Å². The average Bonchev–Trinajstić information content (AvgIpc) is 3.75. The number of hydrogen-bond acceptors (Lipinski definition) is 2. The molecule has 0 saturated carbocycles. The maximum atomic E-state index is 2.54. The predicted octanol–water partition coefficient (Wildman–Crippen LogP) is 19.6. The zero-order valence-electron chi connectivity index (χ0n) is 39.7. The van der Waals surface area contributed by atoms with Crippen LogP contribution in [-0.2, 0) is 10.8 Å². The molecule has 0 atom stereocenters. The predicted molar refractivity (Wildman–Crippen MR) is 296 cm³/mol. The van der Waals surface area contributed by atoms with Gasteiger partial charge in [-0.2, -0.15) is 0 Å². The summed E-state index contributed by atoms with van der Waals surface area (Å²) in [7, 11) is 0. The molecule has 2 heteroatoms. The minimum Gasteiger partial charge on any atom is -0.309 e. The third-order valence-corrected chi connectivity index (χ3v) is 14.8. The van der Waals surface area contributed by atoms with Crippen LogP contribution in [0.4, 0.5) is 17.1 Å². The summed E-state index contributed by atoms with van der Waals surface area (Å²) >= 11 is 1.88. The molecule has 0 radical (unpaired) electrons. The largest absolute Gasteiger partial charge is 0.309 e. The summed E-state index contributed by atoms with van der Waals surface area (Å²) in [5, 5.41) is 5.06. The van der Waals surface area contributed by atoms with E-state index in [2.05, 4.69) is 271 Å². The first-order chi connectivity index (χ1) is 33.0. The molecule has 1 nitrogen and oxygen atoms in total. The van der Waals surface area contributed by atoms with Gasteiger partial charge in [-0.1, -0.05) is 242 Å². The number of anilines is 3. The van der Waals surface area contributed by atoms with Gasteiger partial charge < -0.3 is 4.90 Å². The summed E-state index contributed by atoms with van der Waals surface area (Å²) < 4.78 is 2.60. The van der Waals surface area contributed by atoms with Crippen molar-refractivity contribution in [1.29, 1.82) is 0 Å². The second-order valence-electron chi connectivity index (χ2n) is 20.1. The van der Waals surface area contributed by atoms with Gasteiger partial charge in [0, 0.05) is 42.4 Å². The van der Waals surface area contributed by atoms with Crippen molar-refractivity contribution < 1.29 is 0 Å². The number of nitrogens with zero attached hydrogens (tertiary/aromatic N) is 1. The van der Waals surface area contributed by atoms with Crippen molar-refractivity contribution in [3.05, 3.63) is 236 Å². The lowest BCUT2D eigenvalue weighted by Gasteiger charge is -2.32. The summed E-state index contributed by atoms with van der Waals surface area (Å²) in [6.07, 6.45) is 0. The lowest BCUT2D eigenvalue weighted by Crippen LogP contribution is -2.16. The molecule has 0 amide bonds. The van der Waals surface area contributed by atoms with Crippen LogP contribution < -0.4 is 4.90 Å². The Bertz CT molecular complexity index is 3600. The van der Waals surface area contributed by atoms with Gasteiger partial charge in [0.05, 0.1) is 17.1 Å². The van der Waals surface area contributed by atoms with Crippen LogP contribution in [0.5, 0.6) is 0 Å². The molecule has 0 N–H and O–H groups in total. The molecule has 0 fully saturated rings. The zero-order chi connectivity index (χ0) is 46.6. The minimum absolute atomic E-state index is 0.0145. The Hall–Kier alpha value is -7.52. The van der Waals surface area contributed by atoms with E-state index in [4.69, 9.17) is 0 Å². The van der Waals surface area contributed by atoms with E-state index in [1.165, 1.54) is 81.0 Å².